The van der Waals surface area contributed by atoms with Crippen molar-refractivity contribution in [3.63, 3.8) is 0 Å². The lowest BCUT2D eigenvalue weighted by atomic mass is 10.2. The Morgan fingerprint density at radius 1 is 1.36 bits per heavy atom. The second-order valence-electron chi connectivity index (χ2n) is 5.22. The van der Waals surface area contributed by atoms with E-state index in [2.05, 4.69) is 5.32 Å². The molecule has 1 aromatic rings. The lowest BCUT2D eigenvalue weighted by Gasteiger charge is -2.23. The number of hydrogen-bond acceptors (Lipinski definition) is 4. The molecule has 1 fully saturated rings. The van der Waals surface area contributed by atoms with Gasteiger partial charge in [-0.2, -0.15) is 0 Å². The zero-order valence-corrected chi connectivity index (χ0v) is 12.4. The summed E-state index contributed by atoms with van der Waals surface area (Å²) in [6, 6.07) is 9.02. The van der Waals surface area contributed by atoms with Gasteiger partial charge in [-0.1, -0.05) is 18.2 Å². The Morgan fingerprint density at radius 3 is 2.68 bits per heavy atom. The second kappa shape index (κ2) is 7.04. The maximum Gasteiger partial charge on any atom is 0.322 e. The van der Waals surface area contributed by atoms with E-state index in [0.717, 1.165) is 5.69 Å². The van der Waals surface area contributed by atoms with Crippen LogP contribution in [-0.2, 0) is 14.4 Å². The maximum atomic E-state index is 12.5. The van der Waals surface area contributed by atoms with Gasteiger partial charge in [0.05, 0.1) is 12.6 Å². The summed E-state index contributed by atoms with van der Waals surface area (Å²) in [5.74, 6) is -1.54. The van der Waals surface area contributed by atoms with Crippen molar-refractivity contribution in [2.45, 2.75) is 12.5 Å². The highest BCUT2D eigenvalue weighted by molar-refractivity contribution is 5.99. The molecule has 0 radical (unpaired) electrons. The number of nitrogens with zero attached hydrogens (tertiary/aromatic N) is 2. The van der Waals surface area contributed by atoms with Gasteiger partial charge in [0.15, 0.2) is 0 Å². The van der Waals surface area contributed by atoms with E-state index in [1.54, 1.807) is 16.8 Å². The van der Waals surface area contributed by atoms with E-state index in [1.165, 1.54) is 0 Å². The zero-order chi connectivity index (χ0) is 16.1. The van der Waals surface area contributed by atoms with E-state index < -0.39 is 18.4 Å². The number of aliphatic carboxylic acids is 1. The van der Waals surface area contributed by atoms with Gasteiger partial charge in [-0.25, -0.2) is 0 Å². The number of nitrogens with one attached hydrogen (secondary N) is 1. The van der Waals surface area contributed by atoms with Crippen molar-refractivity contribution in [1.82, 2.24) is 10.2 Å². The summed E-state index contributed by atoms with van der Waals surface area (Å²) >= 11 is 0. The molecular weight excluding hydrogens is 286 g/mol. The first-order chi connectivity index (χ1) is 10.5. The number of benzene rings is 1. The van der Waals surface area contributed by atoms with Crippen molar-refractivity contribution in [2.75, 3.05) is 31.6 Å². The topological polar surface area (TPSA) is 89.9 Å². The number of rotatable bonds is 6. The van der Waals surface area contributed by atoms with Gasteiger partial charge < -0.3 is 15.3 Å². The lowest BCUT2D eigenvalue weighted by Crippen LogP contribution is -2.45. The summed E-state index contributed by atoms with van der Waals surface area (Å²) in [6.45, 7) is 0.183. The molecule has 1 aromatic carbocycles. The highest BCUT2D eigenvalue weighted by Crippen LogP contribution is 2.23. The van der Waals surface area contributed by atoms with Gasteiger partial charge in [-0.05, 0) is 25.6 Å². The zero-order valence-electron chi connectivity index (χ0n) is 12.4. The summed E-state index contributed by atoms with van der Waals surface area (Å²) < 4.78 is 0. The Kier molecular flexibility index (Phi) is 5.11. The number of hydrogen-bond donors (Lipinski definition) is 2. The van der Waals surface area contributed by atoms with Crippen molar-refractivity contribution < 1.29 is 19.5 Å². The molecule has 118 valence electrons. The van der Waals surface area contributed by atoms with Gasteiger partial charge in [0, 0.05) is 12.2 Å². The maximum absolute atomic E-state index is 12.5. The third-order valence-corrected chi connectivity index (χ3v) is 3.61. The monoisotopic (exact) mass is 305 g/mol. The largest absolute Gasteiger partial charge is 0.480 e. The molecule has 7 nitrogen and oxygen atoms in total. The van der Waals surface area contributed by atoms with Crippen molar-refractivity contribution in [1.29, 1.82) is 0 Å². The summed E-state index contributed by atoms with van der Waals surface area (Å²) in [4.78, 5) is 37.9. The Bertz CT molecular complexity index is 561. The fourth-order valence-electron chi connectivity index (χ4n) is 2.50. The van der Waals surface area contributed by atoms with Crippen molar-refractivity contribution in [2.24, 2.45) is 0 Å². The van der Waals surface area contributed by atoms with E-state index in [1.807, 2.05) is 30.3 Å². The van der Waals surface area contributed by atoms with Crippen LogP contribution in [0.2, 0.25) is 0 Å². The number of anilines is 1. The summed E-state index contributed by atoms with van der Waals surface area (Å²) in [5.41, 5.74) is 0.846. The molecular formula is C15H19N3O4. The predicted octanol–water partition coefficient (Wildman–Crippen LogP) is -0.0755. The molecule has 1 heterocycles. The number of likely N-dealkylation sites (N-methyl/N-ethyl adjacent to an activating group) is 1. The fourth-order valence-corrected chi connectivity index (χ4v) is 2.50. The fraction of sp³-hybridized carbons (Fsp3) is 0.400. The molecule has 1 saturated heterocycles. The van der Waals surface area contributed by atoms with E-state index in [4.69, 9.17) is 5.11 Å². The number of carboxylic acids is 1. The number of carboxylic acid groups (broad SMARTS) is 1. The molecule has 0 aromatic heterocycles. The van der Waals surface area contributed by atoms with Crippen LogP contribution >= 0.6 is 0 Å². The Labute approximate surface area is 128 Å². The van der Waals surface area contributed by atoms with Crippen LogP contribution in [-0.4, -0.2) is 60.5 Å². The molecule has 1 aliphatic heterocycles. The third kappa shape index (κ3) is 3.82. The van der Waals surface area contributed by atoms with Gasteiger partial charge in [-0.15, -0.1) is 0 Å². The Morgan fingerprint density at radius 2 is 2.05 bits per heavy atom. The van der Waals surface area contributed by atoms with Crippen LogP contribution in [0.3, 0.4) is 0 Å². The molecule has 1 unspecified atom stereocenters. The van der Waals surface area contributed by atoms with Crippen molar-refractivity contribution in [3.8, 4) is 0 Å². The molecule has 1 atom stereocenters. The molecule has 2 N–H and O–H groups in total. The Balaban J connectivity index is 1.92. The minimum absolute atomic E-state index is 0.00762. The smallest absolute Gasteiger partial charge is 0.322 e. The number of amides is 2. The van der Waals surface area contributed by atoms with Crippen LogP contribution in [0.25, 0.3) is 0 Å². The minimum Gasteiger partial charge on any atom is -0.480 e. The normalized spacial score (nSPS) is 17.8. The van der Waals surface area contributed by atoms with E-state index in [0.29, 0.717) is 13.0 Å². The van der Waals surface area contributed by atoms with Gasteiger partial charge in [0.1, 0.15) is 6.54 Å². The average Bonchev–Trinajstić information content (AvgIpc) is 2.88. The average molecular weight is 305 g/mol. The quantitative estimate of drug-likeness (QED) is 0.767. The van der Waals surface area contributed by atoms with E-state index in [9.17, 15) is 14.4 Å². The molecule has 2 rings (SSSR count). The van der Waals surface area contributed by atoms with Crippen LogP contribution < -0.4 is 10.2 Å². The molecule has 7 heteroatoms. The molecule has 2 amide bonds. The first-order valence-electron chi connectivity index (χ1n) is 7.04. The minimum atomic E-state index is -1.09. The van der Waals surface area contributed by atoms with E-state index in [-0.39, 0.29) is 18.5 Å². The standard InChI is InChI=1S/C15H19N3O4/c1-17(10-13(19)16-9-14(20)21)12-7-8-18(15(12)22)11-5-3-2-4-6-11/h2-6,12H,7-10H2,1H3,(H,16,19)(H,20,21). The van der Waals surface area contributed by atoms with E-state index >= 15 is 0 Å². The molecule has 0 bridgehead atoms. The number of carbonyl (C=O) groups excluding carboxylic acids is 2. The highest BCUT2D eigenvalue weighted by Gasteiger charge is 2.35. The van der Waals surface area contributed by atoms with Crippen LogP contribution in [0.1, 0.15) is 6.42 Å². The van der Waals surface area contributed by atoms with Gasteiger partial charge in [0.25, 0.3) is 0 Å². The number of carbonyl (C=O) groups is 3. The van der Waals surface area contributed by atoms with Crippen molar-refractivity contribution in [3.05, 3.63) is 30.3 Å². The van der Waals surface area contributed by atoms with Crippen molar-refractivity contribution >= 4 is 23.5 Å². The van der Waals surface area contributed by atoms with Gasteiger partial charge in [0.2, 0.25) is 11.8 Å². The Hall–Kier alpha value is -2.41. The lowest BCUT2D eigenvalue weighted by molar-refractivity contribution is -0.138. The second-order valence-corrected chi connectivity index (χ2v) is 5.22. The molecule has 0 spiro atoms. The van der Waals surface area contributed by atoms with Gasteiger partial charge >= 0.3 is 5.97 Å². The summed E-state index contributed by atoms with van der Waals surface area (Å²) in [7, 11) is 1.69. The first kappa shape index (κ1) is 16.0. The third-order valence-electron chi connectivity index (χ3n) is 3.61. The molecule has 0 aliphatic carbocycles. The number of para-hydroxylation sites is 1. The predicted molar refractivity (Wildman–Crippen MR) is 80.5 cm³/mol. The van der Waals surface area contributed by atoms with Crippen LogP contribution in [0, 0.1) is 0 Å². The molecule has 1 aliphatic rings. The highest BCUT2D eigenvalue weighted by atomic mass is 16.4. The first-order valence-corrected chi connectivity index (χ1v) is 7.04. The molecule has 22 heavy (non-hydrogen) atoms. The van der Waals surface area contributed by atoms with Gasteiger partial charge in [-0.3, -0.25) is 19.3 Å². The SMILES string of the molecule is CN(CC(=O)NCC(=O)O)C1CCN(c2ccccc2)C1=O. The van der Waals surface area contributed by atoms with Crippen LogP contribution in [0.15, 0.2) is 30.3 Å². The summed E-state index contributed by atoms with van der Waals surface area (Å²) in [6.07, 6.45) is 0.635. The summed E-state index contributed by atoms with van der Waals surface area (Å²) in [5, 5.41) is 10.8. The van der Waals surface area contributed by atoms with Crippen LogP contribution in [0.5, 0.6) is 0 Å². The molecule has 0 saturated carbocycles. The van der Waals surface area contributed by atoms with Crippen LogP contribution in [0.4, 0.5) is 5.69 Å².